The van der Waals surface area contributed by atoms with Crippen molar-refractivity contribution in [3.8, 4) is 0 Å². The molecule has 0 amide bonds. The van der Waals surface area contributed by atoms with E-state index < -0.39 is 5.97 Å². The third kappa shape index (κ3) is 3.02. The van der Waals surface area contributed by atoms with Gasteiger partial charge in [0.05, 0.1) is 11.6 Å². The van der Waals surface area contributed by atoms with Gasteiger partial charge in [-0.3, -0.25) is 0 Å². The summed E-state index contributed by atoms with van der Waals surface area (Å²) in [5.74, 6) is -0.710. The highest BCUT2D eigenvalue weighted by Gasteiger charge is 2.25. The van der Waals surface area contributed by atoms with Crippen LogP contribution in [0.15, 0.2) is 42.5 Å². The zero-order valence-electron chi connectivity index (χ0n) is 13.1. The zero-order valence-corrected chi connectivity index (χ0v) is 14.6. The summed E-state index contributed by atoms with van der Waals surface area (Å²) in [6.45, 7) is 6.30. The van der Waals surface area contributed by atoms with Crippen molar-refractivity contribution in [1.82, 2.24) is 4.98 Å². The standard InChI is InChI=1S/C19H16Cl2NO2/c1-3-24-19(23)18-16(11(2)12-7-5-4-6-8-12)17-14(21)9-13(20)10-15(17)22-18/h4-11,22H,2-3H2,1H3. The number of aromatic nitrogens is 1. The van der Waals surface area contributed by atoms with Crippen LogP contribution in [0.25, 0.3) is 10.9 Å². The number of aromatic amines is 1. The lowest BCUT2D eigenvalue weighted by atomic mass is 9.90. The van der Waals surface area contributed by atoms with E-state index in [0.717, 1.165) is 16.5 Å². The topological polar surface area (TPSA) is 42.1 Å². The minimum absolute atomic E-state index is 0.280. The first-order chi connectivity index (χ1) is 11.5. The first-order valence-corrected chi connectivity index (χ1v) is 8.34. The summed E-state index contributed by atoms with van der Waals surface area (Å²) in [5, 5.41) is 1.72. The quantitative estimate of drug-likeness (QED) is 0.613. The molecule has 123 valence electrons. The molecule has 0 saturated carbocycles. The Labute approximate surface area is 150 Å². The Morgan fingerprint density at radius 3 is 2.62 bits per heavy atom. The van der Waals surface area contributed by atoms with E-state index in [2.05, 4.69) is 11.9 Å². The summed E-state index contributed by atoms with van der Waals surface area (Å²) < 4.78 is 5.18. The molecule has 5 heteroatoms. The number of H-pyrrole nitrogens is 1. The molecule has 1 heterocycles. The molecule has 3 aromatic rings. The van der Waals surface area contributed by atoms with E-state index in [-0.39, 0.29) is 12.5 Å². The molecule has 0 spiro atoms. The number of esters is 1. The number of carbonyl (C=O) groups is 1. The monoisotopic (exact) mass is 360 g/mol. The molecule has 0 aliphatic carbocycles. The molecule has 0 saturated heterocycles. The fourth-order valence-electron chi connectivity index (χ4n) is 2.84. The van der Waals surface area contributed by atoms with Gasteiger partial charge >= 0.3 is 5.97 Å². The Hall–Kier alpha value is -1.97. The van der Waals surface area contributed by atoms with Gasteiger partial charge in [-0.1, -0.05) is 53.5 Å². The highest BCUT2D eigenvalue weighted by atomic mass is 35.5. The van der Waals surface area contributed by atoms with Gasteiger partial charge in [0.25, 0.3) is 0 Å². The van der Waals surface area contributed by atoms with Gasteiger partial charge in [-0.05, 0) is 31.5 Å². The van der Waals surface area contributed by atoms with E-state index in [0.29, 0.717) is 21.3 Å². The van der Waals surface area contributed by atoms with E-state index in [9.17, 15) is 4.79 Å². The highest BCUT2D eigenvalue weighted by molar-refractivity contribution is 6.39. The van der Waals surface area contributed by atoms with Crippen LogP contribution < -0.4 is 0 Å². The van der Waals surface area contributed by atoms with Crippen LogP contribution in [0.5, 0.6) is 0 Å². The maximum atomic E-state index is 12.4. The summed E-state index contributed by atoms with van der Waals surface area (Å²) in [6.07, 6.45) is 0. The molecule has 1 N–H and O–H groups in total. The van der Waals surface area contributed by atoms with Gasteiger partial charge in [0, 0.05) is 27.4 Å². The third-order valence-corrected chi connectivity index (χ3v) is 4.40. The predicted octanol–water partition coefficient (Wildman–Crippen LogP) is 5.62. The molecule has 1 radical (unpaired) electrons. The average molecular weight is 361 g/mol. The van der Waals surface area contributed by atoms with Crippen LogP contribution in [0, 0.1) is 6.92 Å². The molecule has 0 bridgehead atoms. The maximum Gasteiger partial charge on any atom is 0.355 e. The minimum atomic E-state index is -0.430. The number of benzene rings is 2. The van der Waals surface area contributed by atoms with E-state index in [1.54, 1.807) is 19.1 Å². The summed E-state index contributed by atoms with van der Waals surface area (Å²) in [5.41, 5.74) is 2.75. The fraction of sp³-hybridized carbons (Fsp3) is 0.158. The van der Waals surface area contributed by atoms with E-state index >= 15 is 0 Å². The first-order valence-electron chi connectivity index (χ1n) is 7.58. The maximum absolute atomic E-state index is 12.4. The smallest absolute Gasteiger partial charge is 0.355 e. The van der Waals surface area contributed by atoms with Crippen LogP contribution in [0.4, 0.5) is 0 Å². The Kier molecular flexibility index (Phi) is 4.83. The molecule has 3 rings (SSSR count). The molecule has 1 atom stereocenters. The van der Waals surface area contributed by atoms with Crippen molar-refractivity contribution >= 4 is 40.1 Å². The van der Waals surface area contributed by atoms with Crippen LogP contribution in [-0.4, -0.2) is 17.6 Å². The Morgan fingerprint density at radius 1 is 1.25 bits per heavy atom. The van der Waals surface area contributed by atoms with E-state index in [4.69, 9.17) is 27.9 Å². The Morgan fingerprint density at radius 2 is 1.96 bits per heavy atom. The molecular weight excluding hydrogens is 345 g/mol. The van der Waals surface area contributed by atoms with Gasteiger partial charge in [0.2, 0.25) is 0 Å². The fourth-order valence-corrected chi connectivity index (χ4v) is 3.43. The molecule has 0 aliphatic heterocycles. The summed E-state index contributed by atoms with van der Waals surface area (Å²) in [4.78, 5) is 15.5. The number of hydrogen-bond acceptors (Lipinski definition) is 2. The van der Waals surface area contributed by atoms with Crippen molar-refractivity contribution in [2.45, 2.75) is 12.8 Å². The van der Waals surface area contributed by atoms with Crippen LogP contribution >= 0.6 is 23.2 Å². The van der Waals surface area contributed by atoms with Crippen molar-refractivity contribution in [3.05, 3.63) is 76.3 Å². The van der Waals surface area contributed by atoms with Gasteiger partial charge in [0.15, 0.2) is 0 Å². The van der Waals surface area contributed by atoms with Crippen LogP contribution in [0.2, 0.25) is 10.0 Å². The van der Waals surface area contributed by atoms with E-state index in [1.165, 1.54) is 0 Å². The summed E-state index contributed by atoms with van der Waals surface area (Å²) in [6, 6.07) is 13.1. The number of ether oxygens (including phenoxy) is 1. The molecule has 0 aliphatic rings. The average Bonchev–Trinajstić information content (AvgIpc) is 2.95. The van der Waals surface area contributed by atoms with E-state index in [1.807, 2.05) is 30.3 Å². The number of rotatable bonds is 4. The Bertz CT molecular complexity index is 887. The number of fused-ring (bicyclic) bond motifs is 1. The lowest BCUT2D eigenvalue weighted by Crippen LogP contribution is -2.10. The molecule has 2 aromatic carbocycles. The molecule has 0 fully saturated rings. The normalized spacial score (nSPS) is 12.3. The lowest BCUT2D eigenvalue weighted by molar-refractivity contribution is 0.0519. The van der Waals surface area contributed by atoms with Gasteiger partial charge in [-0.15, -0.1) is 0 Å². The number of carbonyl (C=O) groups excluding carboxylic acids is 1. The number of hydrogen-bond donors (Lipinski definition) is 1. The largest absolute Gasteiger partial charge is 0.461 e. The van der Waals surface area contributed by atoms with Crippen LogP contribution in [0.3, 0.4) is 0 Å². The molecular formula is C19H16Cl2NO2. The van der Waals surface area contributed by atoms with Crippen molar-refractivity contribution in [2.75, 3.05) is 6.61 Å². The van der Waals surface area contributed by atoms with Crippen molar-refractivity contribution in [2.24, 2.45) is 0 Å². The third-order valence-electron chi connectivity index (χ3n) is 3.88. The van der Waals surface area contributed by atoms with Crippen LogP contribution in [0.1, 0.15) is 34.5 Å². The van der Waals surface area contributed by atoms with Gasteiger partial charge < -0.3 is 9.72 Å². The minimum Gasteiger partial charge on any atom is -0.461 e. The molecule has 1 aromatic heterocycles. The van der Waals surface area contributed by atoms with Crippen molar-refractivity contribution < 1.29 is 9.53 Å². The Balaban J connectivity index is 2.26. The summed E-state index contributed by atoms with van der Waals surface area (Å²) in [7, 11) is 0. The second-order valence-corrected chi connectivity index (χ2v) is 6.25. The van der Waals surface area contributed by atoms with Gasteiger partial charge in [0.1, 0.15) is 5.69 Å². The first kappa shape index (κ1) is 16.9. The molecule has 24 heavy (non-hydrogen) atoms. The van der Waals surface area contributed by atoms with Crippen LogP contribution in [-0.2, 0) is 4.74 Å². The summed E-state index contributed by atoms with van der Waals surface area (Å²) >= 11 is 12.5. The second kappa shape index (κ2) is 6.88. The number of halogens is 2. The highest BCUT2D eigenvalue weighted by Crippen LogP contribution is 2.38. The van der Waals surface area contributed by atoms with Crippen molar-refractivity contribution in [1.29, 1.82) is 0 Å². The number of nitrogens with one attached hydrogen (secondary N) is 1. The second-order valence-electron chi connectivity index (χ2n) is 5.41. The van der Waals surface area contributed by atoms with Crippen molar-refractivity contribution in [3.63, 3.8) is 0 Å². The zero-order chi connectivity index (χ0) is 17.3. The van der Waals surface area contributed by atoms with Gasteiger partial charge in [-0.2, -0.15) is 0 Å². The lowest BCUT2D eigenvalue weighted by Gasteiger charge is -2.14. The SMILES string of the molecule is [CH2]C(c1ccccc1)c1c(C(=O)OCC)[nH]c2cc(Cl)cc(Cl)c12. The molecule has 1 unspecified atom stereocenters. The molecule has 3 nitrogen and oxygen atoms in total. The predicted molar refractivity (Wildman–Crippen MR) is 97.9 cm³/mol. The van der Waals surface area contributed by atoms with Gasteiger partial charge in [-0.25, -0.2) is 4.79 Å².